The van der Waals surface area contributed by atoms with Crippen molar-refractivity contribution in [1.82, 2.24) is 10.6 Å². The van der Waals surface area contributed by atoms with Gasteiger partial charge in [-0.25, -0.2) is 9.18 Å². The molecule has 0 atom stereocenters. The number of rotatable bonds is 7. The Bertz CT molecular complexity index is 660. The van der Waals surface area contributed by atoms with E-state index in [1.165, 1.54) is 18.6 Å². The molecule has 2 rings (SSSR count). The molecular formula is C18H25FN4O3. The van der Waals surface area contributed by atoms with Crippen LogP contribution in [-0.4, -0.2) is 30.4 Å². The van der Waals surface area contributed by atoms with Gasteiger partial charge in [-0.15, -0.1) is 0 Å². The van der Waals surface area contributed by atoms with Gasteiger partial charge in [-0.2, -0.15) is 0 Å². The van der Waals surface area contributed by atoms with Crippen LogP contribution in [0.25, 0.3) is 0 Å². The van der Waals surface area contributed by atoms with Crippen LogP contribution in [0, 0.1) is 5.82 Å². The van der Waals surface area contributed by atoms with Gasteiger partial charge in [0.2, 0.25) is 5.91 Å². The van der Waals surface area contributed by atoms with E-state index < -0.39 is 11.7 Å². The van der Waals surface area contributed by atoms with Gasteiger partial charge in [0.25, 0.3) is 5.91 Å². The number of urea groups is 1. The monoisotopic (exact) mass is 364 g/mol. The summed E-state index contributed by atoms with van der Waals surface area (Å²) < 4.78 is 13.4. The lowest BCUT2D eigenvalue weighted by molar-refractivity contribution is -0.116. The molecule has 0 saturated heterocycles. The van der Waals surface area contributed by atoms with Crippen molar-refractivity contribution in [2.75, 3.05) is 11.9 Å². The lowest BCUT2D eigenvalue weighted by atomic mass is 9.96. The minimum atomic E-state index is -0.897. The first-order chi connectivity index (χ1) is 12.5. The molecule has 1 aliphatic carbocycles. The number of benzene rings is 1. The van der Waals surface area contributed by atoms with Crippen molar-refractivity contribution >= 4 is 23.5 Å². The summed E-state index contributed by atoms with van der Waals surface area (Å²) in [4.78, 5) is 34.8. The van der Waals surface area contributed by atoms with E-state index in [9.17, 15) is 18.8 Å². The number of nitrogens with two attached hydrogens (primary N) is 1. The summed E-state index contributed by atoms with van der Waals surface area (Å²) in [6.07, 6.45) is 6.20. The third kappa shape index (κ3) is 6.34. The molecule has 0 spiro atoms. The molecule has 0 aliphatic heterocycles. The number of hydrogen-bond donors (Lipinski definition) is 4. The first-order valence-corrected chi connectivity index (χ1v) is 8.89. The Hall–Kier alpha value is -2.64. The standard InChI is InChI=1S/C18H25FN4O3/c19-15-9-8-13(11-14(15)17(20)25)22-16(24)7-4-10-21-18(26)23-12-5-2-1-3-6-12/h8-9,11-12H,1-7,10H2,(H2,20,25)(H,22,24)(H2,21,23,26). The average molecular weight is 364 g/mol. The fourth-order valence-electron chi connectivity index (χ4n) is 2.95. The predicted octanol–water partition coefficient (Wildman–Crippen LogP) is 2.28. The fraction of sp³-hybridized carbons (Fsp3) is 0.500. The Kier molecular flexibility index (Phi) is 7.37. The van der Waals surface area contributed by atoms with Crippen LogP contribution >= 0.6 is 0 Å². The Labute approximate surface area is 151 Å². The molecule has 1 saturated carbocycles. The quantitative estimate of drug-likeness (QED) is 0.557. The summed E-state index contributed by atoms with van der Waals surface area (Å²) in [5.74, 6) is -1.92. The number of nitrogens with one attached hydrogen (secondary N) is 3. The Morgan fingerprint density at radius 1 is 1.15 bits per heavy atom. The highest BCUT2D eigenvalue weighted by atomic mass is 19.1. The number of hydrogen-bond acceptors (Lipinski definition) is 3. The van der Waals surface area contributed by atoms with Crippen molar-refractivity contribution in [1.29, 1.82) is 0 Å². The van der Waals surface area contributed by atoms with Crippen molar-refractivity contribution in [3.63, 3.8) is 0 Å². The molecule has 1 aromatic rings. The first kappa shape index (κ1) is 19.7. The Morgan fingerprint density at radius 3 is 2.58 bits per heavy atom. The highest BCUT2D eigenvalue weighted by Gasteiger charge is 2.15. The zero-order chi connectivity index (χ0) is 18.9. The van der Waals surface area contributed by atoms with E-state index in [1.54, 1.807) is 0 Å². The predicted molar refractivity (Wildman–Crippen MR) is 96.2 cm³/mol. The second kappa shape index (κ2) is 9.74. The third-order valence-electron chi connectivity index (χ3n) is 4.32. The second-order valence-electron chi connectivity index (χ2n) is 6.45. The maximum atomic E-state index is 13.4. The van der Waals surface area contributed by atoms with E-state index in [0.717, 1.165) is 31.7 Å². The minimum absolute atomic E-state index is 0.187. The van der Waals surface area contributed by atoms with Crippen molar-refractivity contribution in [3.8, 4) is 0 Å². The van der Waals surface area contributed by atoms with Gasteiger partial charge in [-0.1, -0.05) is 19.3 Å². The lowest BCUT2D eigenvalue weighted by Gasteiger charge is -2.22. The summed E-state index contributed by atoms with van der Waals surface area (Å²) in [6.45, 7) is 0.377. The number of amides is 4. The van der Waals surface area contributed by atoms with E-state index >= 15 is 0 Å². The number of carbonyl (C=O) groups is 3. The molecule has 1 aliphatic rings. The van der Waals surface area contributed by atoms with Gasteiger partial charge in [-0.3, -0.25) is 9.59 Å². The van der Waals surface area contributed by atoms with Gasteiger partial charge in [0, 0.05) is 24.7 Å². The molecule has 8 heteroatoms. The van der Waals surface area contributed by atoms with Gasteiger partial charge in [0.15, 0.2) is 0 Å². The molecule has 1 fully saturated rings. The van der Waals surface area contributed by atoms with E-state index in [1.807, 2.05) is 0 Å². The van der Waals surface area contributed by atoms with E-state index in [4.69, 9.17) is 5.73 Å². The molecule has 142 valence electrons. The van der Waals surface area contributed by atoms with Crippen LogP contribution in [0.4, 0.5) is 14.9 Å². The molecule has 1 aromatic carbocycles. The van der Waals surface area contributed by atoms with Crippen molar-refractivity contribution in [2.24, 2.45) is 5.73 Å². The molecule has 7 nitrogen and oxygen atoms in total. The zero-order valence-corrected chi connectivity index (χ0v) is 14.6. The normalized spacial score (nSPS) is 14.5. The highest BCUT2D eigenvalue weighted by molar-refractivity contribution is 5.96. The largest absolute Gasteiger partial charge is 0.366 e. The maximum Gasteiger partial charge on any atom is 0.315 e. The Balaban J connectivity index is 1.66. The molecule has 0 radical (unpaired) electrons. The third-order valence-corrected chi connectivity index (χ3v) is 4.32. The SMILES string of the molecule is NC(=O)c1cc(NC(=O)CCCNC(=O)NC2CCCCC2)ccc1F. The highest BCUT2D eigenvalue weighted by Crippen LogP contribution is 2.17. The molecule has 0 bridgehead atoms. The van der Waals surface area contributed by atoms with Gasteiger partial charge in [-0.05, 0) is 37.5 Å². The zero-order valence-electron chi connectivity index (χ0n) is 14.6. The van der Waals surface area contributed by atoms with E-state index in [0.29, 0.717) is 18.7 Å². The van der Waals surface area contributed by atoms with Gasteiger partial charge in [0.1, 0.15) is 5.82 Å². The molecule has 0 heterocycles. The Morgan fingerprint density at radius 2 is 1.88 bits per heavy atom. The van der Waals surface area contributed by atoms with E-state index in [-0.39, 0.29) is 30.0 Å². The van der Waals surface area contributed by atoms with Crippen molar-refractivity contribution < 1.29 is 18.8 Å². The van der Waals surface area contributed by atoms with Crippen LogP contribution in [0.15, 0.2) is 18.2 Å². The van der Waals surface area contributed by atoms with Crippen LogP contribution in [0.2, 0.25) is 0 Å². The van der Waals surface area contributed by atoms with Crippen molar-refractivity contribution in [3.05, 3.63) is 29.6 Å². The smallest absolute Gasteiger partial charge is 0.315 e. The molecular weight excluding hydrogens is 339 g/mol. The topological polar surface area (TPSA) is 113 Å². The molecule has 0 aromatic heterocycles. The number of carbonyl (C=O) groups excluding carboxylic acids is 3. The van der Waals surface area contributed by atoms with Gasteiger partial charge >= 0.3 is 6.03 Å². The molecule has 4 amide bonds. The van der Waals surface area contributed by atoms with Crippen LogP contribution in [0.1, 0.15) is 55.3 Å². The van der Waals surface area contributed by atoms with Gasteiger partial charge in [0.05, 0.1) is 5.56 Å². The second-order valence-corrected chi connectivity index (χ2v) is 6.45. The van der Waals surface area contributed by atoms with Crippen LogP contribution in [0.5, 0.6) is 0 Å². The maximum absolute atomic E-state index is 13.4. The summed E-state index contributed by atoms with van der Waals surface area (Å²) in [5.41, 5.74) is 5.10. The van der Waals surface area contributed by atoms with Crippen LogP contribution < -0.4 is 21.7 Å². The molecule has 26 heavy (non-hydrogen) atoms. The lowest BCUT2D eigenvalue weighted by Crippen LogP contribution is -2.43. The molecule has 0 unspecified atom stereocenters. The minimum Gasteiger partial charge on any atom is -0.366 e. The number of anilines is 1. The van der Waals surface area contributed by atoms with Crippen LogP contribution in [-0.2, 0) is 4.79 Å². The summed E-state index contributed by atoms with van der Waals surface area (Å²) in [5, 5.41) is 8.26. The fourth-order valence-corrected chi connectivity index (χ4v) is 2.95. The van der Waals surface area contributed by atoms with E-state index in [2.05, 4.69) is 16.0 Å². The van der Waals surface area contributed by atoms with Gasteiger partial charge < -0.3 is 21.7 Å². The number of halogens is 1. The summed E-state index contributed by atoms with van der Waals surface area (Å²) in [7, 11) is 0. The first-order valence-electron chi connectivity index (χ1n) is 8.89. The van der Waals surface area contributed by atoms with Crippen molar-refractivity contribution in [2.45, 2.75) is 51.0 Å². The summed E-state index contributed by atoms with van der Waals surface area (Å²) >= 11 is 0. The average Bonchev–Trinajstić information content (AvgIpc) is 2.61. The van der Waals surface area contributed by atoms with Crippen LogP contribution in [0.3, 0.4) is 0 Å². The number of primary amides is 1. The molecule has 5 N–H and O–H groups in total. The summed E-state index contributed by atoms with van der Waals surface area (Å²) in [6, 6.07) is 3.67.